The van der Waals surface area contributed by atoms with Crippen molar-refractivity contribution in [2.24, 2.45) is 0 Å². The third-order valence-corrected chi connectivity index (χ3v) is 3.85. The molecule has 3 aromatic rings. The first-order valence-electron chi connectivity index (χ1n) is 7.91. The third-order valence-electron chi connectivity index (χ3n) is 3.85. The van der Waals surface area contributed by atoms with E-state index in [2.05, 4.69) is 95.7 Å². The van der Waals surface area contributed by atoms with Gasteiger partial charge >= 0.3 is 0 Å². The minimum Gasteiger partial charge on any atom is -1.00 e. The van der Waals surface area contributed by atoms with Crippen LogP contribution in [0.25, 0.3) is 0 Å². The topological polar surface area (TPSA) is 45.2 Å². The number of hydrogen-bond acceptors (Lipinski definition) is 1. The molecule has 0 radical (unpaired) electrons. The number of quaternary nitrogens is 2. The molecule has 3 rings (SSSR count). The minimum absolute atomic E-state index is 0. The molecule has 25 heavy (non-hydrogen) atoms. The first kappa shape index (κ1) is 21.0. The Hall–Kier alpha value is -2.04. The van der Waals surface area contributed by atoms with Gasteiger partial charge < -0.3 is 35.4 Å². The molecule has 3 aromatic carbocycles. The molecule has 0 fully saturated rings. The van der Waals surface area contributed by atoms with Gasteiger partial charge in [0.25, 0.3) is 0 Å². The molecule has 0 unspecified atom stereocenters. The zero-order valence-electron chi connectivity index (χ0n) is 14.3. The zero-order chi connectivity index (χ0) is 16.1. The van der Waals surface area contributed by atoms with Crippen molar-refractivity contribution in [3.05, 3.63) is 78.4 Å². The van der Waals surface area contributed by atoms with Gasteiger partial charge in [0.15, 0.2) is 0 Å². The standard InChI is InChI=1S/C20H21N3.2ClH/c1-15-3-5-17(6-4-15)22-19-11-13-20(14-12-19)23-18-9-7-16(21-2)8-10-18;;/h3-14,21-23H,1-2H3;2*1H. The van der Waals surface area contributed by atoms with Crippen LogP contribution < -0.4 is 40.8 Å². The number of nitrogens with two attached hydrogens (primary N) is 2. The first-order chi connectivity index (χ1) is 11.2. The lowest BCUT2D eigenvalue weighted by Gasteiger charge is -2.07. The predicted octanol–water partition coefficient (Wildman–Crippen LogP) is -2.90. The molecule has 0 spiro atoms. The predicted molar refractivity (Wildman–Crippen MR) is 96.1 cm³/mol. The van der Waals surface area contributed by atoms with Crippen LogP contribution in [0.15, 0.2) is 72.8 Å². The normalized spacial score (nSPS) is 9.68. The monoisotopic (exact) mass is 375 g/mol. The minimum atomic E-state index is 0. The number of aryl methyl sites for hydroxylation is 1. The van der Waals surface area contributed by atoms with E-state index in [0.29, 0.717) is 0 Å². The molecule has 5 heteroatoms. The molecule has 132 valence electrons. The molecule has 5 N–H and O–H groups in total. The van der Waals surface area contributed by atoms with E-state index in [0.717, 1.165) is 11.4 Å². The summed E-state index contributed by atoms with van der Waals surface area (Å²) in [6, 6.07) is 25.5. The summed E-state index contributed by atoms with van der Waals surface area (Å²) in [6.07, 6.45) is 0. The van der Waals surface area contributed by atoms with Crippen LogP contribution in [0.4, 0.5) is 28.4 Å². The van der Waals surface area contributed by atoms with E-state index in [-0.39, 0.29) is 24.8 Å². The van der Waals surface area contributed by atoms with E-state index in [1.807, 2.05) is 7.05 Å². The van der Waals surface area contributed by atoms with Gasteiger partial charge in [0.1, 0.15) is 17.1 Å². The highest BCUT2D eigenvalue weighted by Crippen LogP contribution is 2.18. The van der Waals surface area contributed by atoms with Crippen LogP contribution in [0.5, 0.6) is 0 Å². The molecule has 0 heterocycles. The third kappa shape index (κ3) is 6.07. The second kappa shape index (κ2) is 10.1. The molecule has 0 aliphatic carbocycles. The van der Waals surface area contributed by atoms with E-state index in [4.69, 9.17) is 0 Å². The number of halogens is 2. The zero-order valence-corrected chi connectivity index (χ0v) is 15.9. The maximum atomic E-state index is 3.43. The fourth-order valence-electron chi connectivity index (χ4n) is 2.44. The summed E-state index contributed by atoms with van der Waals surface area (Å²) in [5.41, 5.74) is 7.15. The molecule has 3 nitrogen and oxygen atoms in total. The van der Waals surface area contributed by atoms with Gasteiger partial charge in [0.2, 0.25) is 0 Å². The highest BCUT2D eigenvalue weighted by atomic mass is 35.5. The molecule has 0 aliphatic rings. The Labute approximate surface area is 161 Å². The van der Waals surface area contributed by atoms with Crippen LogP contribution in [0, 0.1) is 6.92 Å². The van der Waals surface area contributed by atoms with Gasteiger partial charge in [0, 0.05) is 35.6 Å². The molecule has 0 aliphatic heterocycles. The first-order valence-corrected chi connectivity index (χ1v) is 7.91. The van der Waals surface area contributed by atoms with Crippen LogP contribution >= 0.6 is 0 Å². The van der Waals surface area contributed by atoms with Crippen molar-refractivity contribution in [1.29, 1.82) is 0 Å². The Morgan fingerprint density at radius 3 is 1.44 bits per heavy atom. The van der Waals surface area contributed by atoms with Crippen LogP contribution in [0.2, 0.25) is 0 Å². The SMILES string of the molecule is C[NH2+]c1ccc(Nc2ccc([NH2+]c3ccc(C)cc3)cc2)cc1.[Cl-].[Cl-]. The van der Waals surface area contributed by atoms with Crippen molar-refractivity contribution >= 4 is 28.4 Å². The number of rotatable bonds is 5. The summed E-state index contributed by atoms with van der Waals surface area (Å²) in [6.45, 7) is 2.11. The number of benzene rings is 3. The highest BCUT2D eigenvalue weighted by molar-refractivity contribution is 5.62. The van der Waals surface area contributed by atoms with Crippen molar-refractivity contribution in [2.75, 3.05) is 12.4 Å². The summed E-state index contributed by atoms with van der Waals surface area (Å²) in [7, 11) is 2.05. The summed E-state index contributed by atoms with van der Waals surface area (Å²) in [5, 5.41) is 7.71. The molecule has 0 amide bonds. The molecule has 0 aromatic heterocycles. The van der Waals surface area contributed by atoms with Crippen LogP contribution in [0.1, 0.15) is 5.56 Å². The Morgan fingerprint density at radius 1 is 0.600 bits per heavy atom. The van der Waals surface area contributed by atoms with E-state index < -0.39 is 0 Å². The Balaban J connectivity index is 0.00000156. The lowest BCUT2D eigenvalue weighted by Crippen LogP contribution is -3.00. The molecule has 0 atom stereocenters. The summed E-state index contributed by atoms with van der Waals surface area (Å²) in [5.74, 6) is 0. The van der Waals surface area contributed by atoms with Gasteiger partial charge in [-0.2, -0.15) is 0 Å². The summed E-state index contributed by atoms with van der Waals surface area (Å²) < 4.78 is 0. The maximum Gasteiger partial charge on any atom is 0.134 e. The van der Waals surface area contributed by atoms with Gasteiger partial charge in [-0.05, 0) is 43.3 Å². The summed E-state index contributed by atoms with van der Waals surface area (Å²) in [4.78, 5) is 0. The van der Waals surface area contributed by atoms with Gasteiger partial charge in [0.05, 0.1) is 7.05 Å². The Morgan fingerprint density at radius 2 is 1.00 bits per heavy atom. The largest absolute Gasteiger partial charge is 1.00 e. The van der Waals surface area contributed by atoms with Crippen molar-refractivity contribution in [3.63, 3.8) is 0 Å². The van der Waals surface area contributed by atoms with E-state index in [9.17, 15) is 0 Å². The van der Waals surface area contributed by atoms with Gasteiger partial charge in [-0.25, -0.2) is 0 Å². The second-order valence-electron chi connectivity index (χ2n) is 5.71. The van der Waals surface area contributed by atoms with E-state index in [1.165, 1.54) is 22.6 Å². The van der Waals surface area contributed by atoms with Crippen LogP contribution in [-0.2, 0) is 0 Å². The Kier molecular flexibility index (Phi) is 8.46. The second-order valence-corrected chi connectivity index (χ2v) is 5.71. The van der Waals surface area contributed by atoms with Crippen molar-refractivity contribution in [2.45, 2.75) is 6.92 Å². The number of nitrogens with one attached hydrogen (secondary N) is 1. The molecular formula is C20H23Cl2N3. The van der Waals surface area contributed by atoms with Gasteiger partial charge in [-0.15, -0.1) is 0 Å². The average molecular weight is 376 g/mol. The van der Waals surface area contributed by atoms with Gasteiger partial charge in [-0.3, -0.25) is 5.32 Å². The fraction of sp³-hybridized carbons (Fsp3) is 0.100. The average Bonchev–Trinajstić information content (AvgIpc) is 2.59. The molecule has 0 saturated heterocycles. The van der Waals surface area contributed by atoms with Crippen molar-refractivity contribution in [3.8, 4) is 0 Å². The Bertz CT molecular complexity index is 754. The van der Waals surface area contributed by atoms with Crippen LogP contribution in [0.3, 0.4) is 0 Å². The van der Waals surface area contributed by atoms with E-state index >= 15 is 0 Å². The fourth-order valence-corrected chi connectivity index (χ4v) is 2.44. The quantitative estimate of drug-likeness (QED) is 0.411. The highest BCUT2D eigenvalue weighted by Gasteiger charge is 2.01. The van der Waals surface area contributed by atoms with Crippen molar-refractivity contribution < 1.29 is 35.4 Å². The maximum absolute atomic E-state index is 3.43. The number of hydrogen-bond donors (Lipinski definition) is 3. The molecular weight excluding hydrogens is 353 g/mol. The lowest BCUT2D eigenvalue weighted by molar-refractivity contribution is -0.539. The number of anilines is 2. The smallest absolute Gasteiger partial charge is 0.134 e. The molecule has 0 saturated carbocycles. The van der Waals surface area contributed by atoms with E-state index in [1.54, 1.807) is 0 Å². The van der Waals surface area contributed by atoms with Crippen molar-refractivity contribution in [1.82, 2.24) is 0 Å². The van der Waals surface area contributed by atoms with Crippen LogP contribution in [-0.4, -0.2) is 7.05 Å². The molecule has 0 bridgehead atoms. The summed E-state index contributed by atoms with van der Waals surface area (Å²) >= 11 is 0. The van der Waals surface area contributed by atoms with Gasteiger partial charge in [-0.1, -0.05) is 17.7 Å². The lowest BCUT2D eigenvalue weighted by atomic mass is 10.2.